The minimum Gasteiger partial charge on any atom is -0.481 e. The number of hydrogen-bond acceptors (Lipinski definition) is 4. The molecule has 5 nitrogen and oxygen atoms in total. The van der Waals surface area contributed by atoms with Gasteiger partial charge in [0.1, 0.15) is 11.6 Å². The molecule has 0 radical (unpaired) electrons. The van der Waals surface area contributed by atoms with Crippen molar-refractivity contribution in [3.8, 4) is 0 Å². The van der Waals surface area contributed by atoms with E-state index in [0.717, 1.165) is 6.07 Å². The van der Waals surface area contributed by atoms with Gasteiger partial charge in [0.05, 0.1) is 11.8 Å². The van der Waals surface area contributed by atoms with Gasteiger partial charge in [-0.05, 0) is 18.1 Å². The Morgan fingerprint density at radius 1 is 1.35 bits per heavy atom. The van der Waals surface area contributed by atoms with Gasteiger partial charge in [-0.2, -0.15) is 0 Å². The summed E-state index contributed by atoms with van der Waals surface area (Å²) in [5.41, 5.74) is 0.334. The van der Waals surface area contributed by atoms with Crippen LogP contribution in [0.25, 0.3) is 0 Å². The molecule has 23 heavy (non-hydrogen) atoms. The molecule has 8 heteroatoms. The number of aliphatic carboxylic acids is 1. The zero-order valence-electron chi connectivity index (χ0n) is 11.8. The van der Waals surface area contributed by atoms with Crippen molar-refractivity contribution in [3.05, 3.63) is 46.5 Å². The van der Waals surface area contributed by atoms with Crippen LogP contribution in [0.3, 0.4) is 0 Å². The van der Waals surface area contributed by atoms with Gasteiger partial charge < -0.3 is 10.4 Å². The first kappa shape index (κ1) is 15.5. The fourth-order valence-corrected chi connectivity index (χ4v) is 3.09. The Kier molecular flexibility index (Phi) is 4.08. The lowest BCUT2D eigenvalue weighted by atomic mass is 10.1. The van der Waals surface area contributed by atoms with Gasteiger partial charge in [-0.25, -0.2) is 13.8 Å². The van der Waals surface area contributed by atoms with Gasteiger partial charge in [0.25, 0.3) is 0 Å². The highest BCUT2D eigenvalue weighted by atomic mass is 32.1. The molecule has 1 amide bonds. The van der Waals surface area contributed by atoms with Crippen molar-refractivity contribution in [1.29, 1.82) is 0 Å². The summed E-state index contributed by atoms with van der Waals surface area (Å²) in [4.78, 5) is 27.3. The van der Waals surface area contributed by atoms with E-state index in [9.17, 15) is 18.4 Å². The van der Waals surface area contributed by atoms with Gasteiger partial charge in [0.2, 0.25) is 5.91 Å². The molecule has 1 aliphatic rings. The maximum absolute atomic E-state index is 13.6. The van der Waals surface area contributed by atoms with E-state index in [0.29, 0.717) is 22.0 Å². The number of hydrogen-bond donors (Lipinski definition) is 2. The van der Waals surface area contributed by atoms with Crippen molar-refractivity contribution in [2.75, 3.05) is 5.32 Å². The van der Waals surface area contributed by atoms with Crippen LogP contribution in [-0.2, 0) is 16.0 Å². The van der Waals surface area contributed by atoms with Gasteiger partial charge >= 0.3 is 5.97 Å². The average Bonchev–Trinajstić information content (AvgIpc) is 3.18. The summed E-state index contributed by atoms with van der Waals surface area (Å²) >= 11 is 1.17. The monoisotopic (exact) mass is 338 g/mol. The summed E-state index contributed by atoms with van der Waals surface area (Å²) in [5, 5.41) is 11.7. The van der Waals surface area contributed by atoms with Crippen LogP contribution in [0.15, 0.2) is 24.4 Å². The molecule has 0 spiro atoms. The number of amides is 1. The molecule has 1 aliphatic carbocycles. The number of benzene rings is 1. The summed E-state index contributed by atoms with van der Waals surface area (Å²) in [6.45, 7) is 0. The highest BCUT2D eigenvalue weighted by molar-refractivity contribution is 7.15. The number of aromatic nitrogens is 1. The van der Waals surface area contributed by atoms with Crippen LogP contribution in [0.1, 0.15) is 16.9 Å². The third kappa shape index (κ3) is 3.53. The first-order valence-corrected chi connectivity index (χ1v) is 7.68. The zero-order chi connectivity index (χ0) is 16.6. The van der Waals surface area contributed by atoms with E-state index in [2.05, 4.69) is 10.3 Å². The number of anilines is 1. The molecule has 1 saturated carbocycles. The van der Waals surface area contributed by atoms with Crippen LogP contribution >= 0.6 is 11.3 Å². The highest BCUT2D eigenvalue weighted by Crippen LogP contribution is 2.39. The number of carboxylic acids is 1. The number of rotatable bonds is 5. The van der Waals surface area contributed by atoms with Crippen LogP contribution < -0.4 is 5.32 Å². The van der Waals surface area contributed by atoms with Crippen molar-refractivity contribution in [2.24, 2.45) is 11.8 Å². The number of carbonyl (C=O) groups is 2. The predicted octanol–water partition coefficient (Wildman–Crippen LogP) is 2.67. The van der Waals surface area contributed by atoms with E-state index in [-0.39, 0.29) is 12.3 Å². The molecule has 120 valence electrons. The predicted molar refractivity (Wildman–Crippen MR) is 79.1 cm³/mol. The number of carbonyl (C=O) groups excluding carboxylic acids is 1. The highest BCUT2D eigenvalue weighted by Gasteiger charge is 2.48. The van der Waals surface area contributed by atoms with E-state index < -0.39 is 29.4 Å². The minimum absolute atomic E-state index is 0.237. The van der Waals surface area contributed by atoms with E-state index in [4.69, 9.17) is 5.11 Å². The Morgan fingerprint density at radius 2 is 2.13 bits per heavy atom. The van der Waals surface area contributed by atoms with Crippen LogP contribution in [0, 0.1) is 23.5 Å². The maximum Gasteiger partial charge on any atom is 0.307 e. The Hall–Kier alpha value is -2.35. The Labute approximate surface area is 134 Å². The molecule has 0 aliphatic heterocycles. The van der Waals surface area contributed by atoms with E-state index in [1.807, 2.05) is 0 Å². The normalized spacial score (nSPS) is 19.4. The molecule has 3 rings (SSSR count). The lowest BCUT2D eigenvalue weighted by Crippen LogP contribution is -2.16. The molecule has 0 unspecified atom stereocenters. The average molecular weight is 338 g/mol. The molecule has 1 fully saturated rings. The second-order valence-corrected chi connectivity index (χ2v) is 6.44. The summed E-state index contributed by atoms with van der Waals surface area (Å²) in [6, 6.07) is 3.36. The smallest absolute Gasteiger partial charge is 0.307 e. The third-order valence-electron chi connectivity index (χ3n) is 3.61. The van der Waals surface area contributed by atoms with Gasteiger partial charge in [0.15, 0.2) is 5.13 Å². The van der Waals surface area contributed by atoms with Crippen molar-refractivity contribution < 1.29 is 23.5 Å². The Morgan fingerprint density at radius 3 is 2.78 bits per heavy atom. The SMILES string of the molecule is O=C(O)[C@@H]1C[C@H]1C(=O)Nc1ncc(Cc2ccc(F)cc2F)s1. The van der Waals surface area contributed by atoms with Gasteiger partial charge in [-0.1, -0.05) is 6.07 Å². The third-order valence-corrected chi connectivity index (χ3v) is 4.52. The quantitative estimate of drug-likeness (QED) is 0.878. The second kappa shape index (κ2) is 6.04. The van der Waals surface area contributed by atoms with Gasteiger partial charge in [-0.15, -0.1) is 11.3 Å². The zero-order valence-corrected chi connectivity index (χ0v) is 12.6. The van der Waals surface area contributed by atoms with Crippen molar-refractivity contribution >= 4 is 28.3 Å². The topological polar surface area (TPSA) is 79.3 Å². The van der Waals surface area contributed by atoms with E-state index in [1.165, 1.54) is 29.7 Å². The van der Waals surface area contributed by atoms with Crippen LogP contribution in [0.4, 0.5) is 13.9 Å². The lowest BCUT2D eigenvalue weighted by molar-refractivity contribution is -0.139. The molecule has 1 heterocycles. The van der Waals surface area contributed by atoms with Crippen LogP contribution in [0.5, 0.6) is 0 Å². The first-order valence-electron chi connectivity index (χ1n) is 6.86. The van der Waals surface area contributed by atoms with Crippen molar-refractivity contribution in [3.63, 3.8) is 0 Å². The summed E-state index contributed by atoms with van der Waals surface area (Å²) in [7, 11) is 0. The number of carboxylic acid groups (broad SMARTS) is 1. The van der Waals surface area contributed by atoms with Gasteiger partial charge in [-0.3, -0.25) is 9.59 Å². The molecular weight excluding hydrogens is 326 g/mol. The molecule has 0 saturated heterocycles. The molecule has 0 bridgehead atoms. The van der Waals surface area contributed by atoms with Crippen molar-refractivity contribution in [2.45, 2.75) is 12.8 Å². The largest absolute Gasteiger partial charge is 0.481 e. The lowest BCUT2D eigenvalue weighted by Gasteiger charge is -2.01. The number of halogens is 2. The fourth-order valence-electron chi connectivity index (χ4n) is 2.26. The second-order valence-electron chi connectivity index (χ2n) is 5.32. The molecule has 1 aromatic heterocycles. The summed E-state index contributed by atoms with van der Waals surface area (Å²) in [5.74, 6) is -3.76. The van der Waals surface area contributed by atoms with E-state index >= 15 is 0 Å². The first-order chi connectivity index (χ1) is 10.9. The van der Waals surface area contributed by atoms with Crippen molar-refractivity contribution in [1.82, 2.24) is 4.98 Å². The molecule has 2 N–H and O–H groups in total. The number of thiazole rings is 1. The fraction of sp³-hybridized carbons (Fsp3) is 0.267. The maximum atomic E-state index is 13.6. The molecule has 2 atom stereocenters. The Balaban J connectivity index is 1.62. The summed E-state index contributed by atoms with van der Waals surface area (Å²) < 4.78 is 26.5. The molecule has 2 aromatic rings. The van der Waals surface area contributed by atoms with Crippen LogP contribution in [-0.4, -0.2) is 22.0 Å². The Bertz CT molecular complexity index is 778. The number of nitrogens with zero attached hydrogens (tertiary/aromatic N) is 1. The van der Waals surface area contributed by atoms with Crippen LogP contribution in [0.2, 0.25) is 0 Å². The number of nitrogens with one attached hydrogen (secondary N) is 1. The summed E-state index contributed by atoms with van der Waals surface area (Å²) in [6.07, 6.45) is 2.08. The minimum atomic E-state index is -0.975. The standard InChI is InChI=1S/C15H12F2N2O3S/c16-8-2-1-7(12(17)4-8)3-9-6-18-15(23-9)19-13(20)10-5-11(10)14(21)22/h1-2,4,6,10-11H,3,5H2,(H,21,22)(H,18,19,20)/t10-,11-/m1/s1. The van der Waals surface area contributed by atoms with E-state index in [1.54, 1.807) is 0 Å². The molecule has 1 aromatic carbocycles. The molecular formula is C15H12F2N2O3S. The van der Waals surface area contributed by atoms with Gasteiger partial charge in [0, 0.05) is 23.6 Å².